The van der Waals surface area contributed by atoms with Crippen molar-refractivity contribution in [3.05, 3.63) is 82.6 Å². The van der Waals surface area contributed by atoms with Gasteiger partial charge in [0.15, 0.2) is 5.60 Å². The predicted molar refractivity (Wildman–Crippen MR) is 178 cm³/mol. The number of hydrogen-bond donors (Lipinski definition) is 1. The number of carbonyl (C=O) groups is 2. The quantitative estimate of drug-likeness (QED) is 0.126. The maximum absolute atomic E-state index is 13.1. The van der Waals surface area contributed by atoms with Crippen molar-refractivity contribution in [1.29, 1.82) is 0 Å². The van der Waals surface area contributed by atoms with Crippen LogP contribution in [-0.4, -0.2) is 35.9 Å². The number of aliphatic hydroxyl groups excluding tert-OH is 1. The van der Waals surface area contributed by atoms with Crippen LogP contribution >= 0.6 is 0 Å². The van der Waals surface area contributed by atoms with Gasteiger partial charge in [-0.15, -0.1) is 0 Å². The van der Waals surface area contributed by atoms with Crippen LogP contribution in [0.15, 0.2) is 64.6 Å². The zero-order valence-corrected chi connectivity index (χ0v) is 27.8. The van der Waals surface area contributed by atoms with Crippen LogP contribution in [0, 0.1) is 42.4 Å². The van der Waals surface area contributed by atoms with E-state index in [0.29, 0.717) is 29.1 Å². The highest BCUT2D eigenvalue weighted by Gasteiger charge is 2.45. The molecule has 1 fully saturated rings. The van der Waals surface area contributed by atoms with Crippen LogP contribution in [0.1, 0.15) is 95.6 Å². The lowest BCUT2D eigenvalue weighted by Gasteiger charge is -2.25. The SMILES string of the molecule is Cc1ccc(C#Cc2ccc3oc([C@@H](C)[C@H](C)C(=O)OC[C@]4(CO)C/C(=C\CC(CC(C)C)CC(C)C)C(=O)O4)cc3c2)cc1. The van der Waals surface area contributed by atoms with E-state index < -0.39 is 30.1 Å². The number of esters is 2. The van der Waals surface area contributed by atoms with Crippen LogP contribution < -0.4 is 0 Å². The third kappa shape index (κ3) is 9.11. The Morgan fingerprint density at radius 2 is 1.62 bits per heavy atom. The van der Waals surface area contributed by atoms with Gasteiger partial charge in [0.2, 0.25) is 0 Å². The molecule has 0 radical (unpaired) electrons. The van der Waals surface area contributed by atoms with Gasteiger partial charge in [-0.2, -0.15) is 0 Å². The molecule has 0 saturated carbocycles. The minimum absolute atomic E-state index is 0.201. The van der Waals surface area contributed by atoms with Gasteiger partial charge >= 0.3 is 11.9 Å². The normalized spacial score (nSPS) is 18.8. The molecule has 3 atom stereocenters. The minimum Gasteiger partial charge on any atom is -0.461 e. The summed E-state index contributed by atoms with van der Waals surface area (Å²) in [5, 5.41) is 11.1. The van der Waals surface area contributed by atoms with Crippen LogP contribution in [0.5, 0.6) is 0 Å². The van der Waals surface area contributed by atoms with E-state index in [4.69, 9.17) is 13.9 Å². The summed E-state index contributed by atoms with van der Waals surface area (Å²) in [4.78, 5) is 25.9. The molecule has 240 valence electrons. The molecule has 0 aliphatic carbocycles. The molecule has 0 amide bonds. The number of aryl methyl sites for hydroxylation is 1. The number of cyclic esters (lactones) is 1. The summed E-state index contributed by atoms with van der Waals surface area (Å²) < 4.78 is 17.4. The number of carbonyl (C=O) groups excluding carboxylic acids is 2. The summed E-state index contributed by atoms with van der Waals surface area (Å²) in [5.74, 6) is 7.03. The first-order valence-corrected chi connectivity index (χ1v) is 16.2. The second kappa shape index (κ2) is 15.0. The van der Waals surface area contributed by atoms with Crippen molar-refractivity contribution in [1.82, 2.24) is 0 Å². The fourth-order valence-electron chi connectivity index (χ4n) is 5.95. The highest BCUT2D eigenvalue weighted by atomic mass is 16.6. The molecule has 6 heteroatoms. The molecular weight excluding hydrogens is 564 g/mol. The van der Waals surface area contributed by atoms with E-state index in [1.54, 1.807) is 6.92 Å². The molecule has 0 spiro atoms. The Labute approximate surface area is 268 Å². The first kappa shape index (κ1) is 34.1. The molecule has 1 N–H and O–H groups in total. The van der Waals surface area contributed by atoms with Crippen molar-refractivity contribution < 1.29 is 28.6 Å². The molecule has 1 aliphatic rings. The first-order chi connectivity index (χ1) is 21.4. The predicted octanol–water partition coefficient (Wildman–Crippen LogP) is 8.13. The monoisotopic (exact) mass is 612 g/mol. The van der Waals surface area contributed by atoms with E-state index in [1.807, 2.05) is 68.5 Å². The second-order valence-electron chi connectivity index (χ2n) is 13.7. The summed E-state index contributed by atoms with van der Waals surface area (Å²) >= 11 is 0. The Bertz CT molecular complexity index is 1550. The molecule has 4 rings (SSSR count). The van der Waals surface area contributed by atoms with Gasteiger partial charge in [-0.3, -0.25) is 4.79 Å². The van der Waals surface area contributed by atoms with Gasteiger partial charge in [-0.25, -0.2) is 4.79 Å². The summed E-state index contributed by atoms with van der Waals surface area (Å²) in [6, 6.07) is 15.8. The van der Waals surface area contributed by atoms with E-state index in [2.05, 4.69) is 39.5 Å². The second-order valence-corrected chi connectivity index (χ2v) is 13.7. The number of ether oxygens (including phenoxy) is 2. The van der Waals surface area contributed by atoms with E-state index in [-0.39, 0.29) is 18.9 Å². The van der Waals surface area contributed by atoms with Gasteiger partial charge < -0.3 is 19.0 Å². The molecule has 2 aromatic carbocycles. The molecular formula is C39H48O6. The molecule has 1 aromatic heterocycles. The summed E-state index contributed by atoms with van der Waals surface area (Å²) in [6.45, 7) is 14.0. The molecule has 3 aromatic rings. The largest absolute Gasteiger partial charge is 0.461 e. The van der Waals surface area contributed by atoms with Crippen molar-refractivity contribution >= 4 is 22.9 Å². The molecule has 2 heterocycles. The standard InChI is InChI=1S/C39H48O6/c1-25(2)18-32(19-26(3)4)14-16-33-22-39(23-40,45-38(33)42)24-43-37(41)29(7)28(6)36-21-34-20-31(15-17-35(34)44-36)13-12-30-10-8-27(5)9-11-30/h8-11,15-17,20-21,25-26,28-29,32,40H,14,18-19,22-24H2,1-7H3/b33-16+/t28-,29-,39+/m0/s1. The van der Waals surface area contributed by atoms with Crippen molar-refractivity contribution in [3.8, 4) is 11.8 Å². The average Bonchev–Trinajstić information content (AvgIpc) is 3.57. The highest BCUT2D eigenvalue weighted by Crippen LogP contribution is 2.35. The van der Waals surface area contributed by atoms with E-state index in [1.165, 1.54) is 5.56 Å². The van der Waals surface area contributed by atoms with E-state index in [0.717, 1.165) is 41.4 Å². The van der Waals surface area contributed by atoms with E-state index in [9.17, 15) is 14.7 Å². The van der Waals surface area contributed by atoms with Gasteiger partial charge in [0.05, 0.1) is 12.5 Å². The number of fused-ring (bicyclic) bond motifs is 1. The lowest BCUT2D eigenvalue weighted by atomic mass is 9.86. The first-order valence-electron chi connectivity index (χ1n) is 16.2. The van der Waals surface area contributed by atoms with Gasteiger partial charge in [-0.1, -0.05) is 77.2 Å². The Balaban J connectivity index is 1.37. The van der Waals surface area contributed by atoms with Gasteiger partial charge in [0.1, 0.15) is 18.0 Å². The number of hydrogen-bond acceptors (Lipinski definition) is 6. The van der Waals surface area contributed by atoms with Crippen molar-refractivity contribution in [3.63, 3.8) is 0 Å². The Hall–Kier alpha value is -3.82. The summed E-state index contributed by atoms with van der Waals surface area (Å²) in [6.07, 6.45) is 5.14. The smallest absolute Gasteiger partial charge is 0.334 e. The van der Waals surface area contributed by atoms with Crippen LogP contribution in [0.2, 0.25) is 0 Å². The minimum atomic E-state index is -1.26. The molecule has 0 unspecified atom stereocenters. The fourth-order valence-corrected chi connectivity index (χ4v) is 5.95. The van der Waals surface area contributed by atoms with E-state index >= 15 is 0 Å². The fraction of sp³-hybridized carbons (Fsp3) is 0.487. The van der Waals surface area contributed by atoms with Crippen LogP contribution in [0.25, 0.3) is 11.0 Å². The molecule has 6 nitrogen and oxygen atoms in total. The van der Waals surface area contributed by atoms with Crippen molar-refractivity contribution in [2.24, 2.45) is 23.7 Å². The van der Waals surface area contributed by atoms with Gasteiger partial charge in [0, 0.05) is 34.4 Å². The Kier molecular flexibility index (Phi) is 11.3. The zero-order valence-electron chi connectivity index (χ0n) is 27.8. The Morgan fingerprint density at radius 3 is 2.27 bits per heavy atom. The number of allylic oxidation sites excluding steroid dienone is 1. The van der Waals surface area contributed by atoms with Gasteiger partial charge in [0.25, 0.3) is 0 Å². The zero-order chi connectivity index (χ0) is 32.7. The summed E-state index contributed by atoms with van der Waals surface area (Å²) in [5.41, 5.74) is 3.03. The van der Waals surface area contributed by atoms with Crippen molar-refractivity contribution in [2.75, 3.05) is 13.2 Å². The average molecular weight is 613 g/mol. The highest BCUT2D eigenvalue weighted by molar-refractivity contribution is 5.91. The maximum atomic E-state index is 13.1. The molecule has 0 bridgehead atoms. The third-order valence-corrected chi connectivity index (χ3v) is 8.67. The number of rotatable bonds is 12. The maximum Gasteiger partial charge on any atom is 0.334 e. The van der Waals surface area contributed by atoms with Crippen molar-refractivity contribution in [2.45, 2.75) is 85.7 Å². The van der Waals surface area contributed by atoms with Gasteiger partial charge in [-0.05, 0) is 80.3 Å². The van der Waals surface area contributed by atoms with Crippen LogP contribution in [-0.2, 0) is 19.1 Å². The number of furan rings is 1. The molecule has 1 saturated heterocycles. The number of aliphatic hydroxyl groups is 1. The topological polar surface area (TPSA) is 86.0 Å². The summed E-state index contributed by atoms with van der Waals surface area (Å²) in [7, 11) is 0. The molecule has 45 heavy (non-hydrogen) atoms. The number of benzene rings is 2. The molecule has 1 aliphatic heterocycles. The lowest BCUT2D eigenvalue weighted by molar-refractivity contribution is -0.168. The van der Waals surface area contributed by atoms with Crippen LogP contribution in [0.3, 0.4) is 0 Å². The third-order valence-electron chi connectivity index (χ3n) is 8.67. The van der Waals surface area contributed by atoms with Crippen LogP contribution in [0.4, 0.5) is 0 Å². The lowest BCUT2D eigenvalue weighted by Crippen LogP contribution is -2.40. The Morgan fingerprint density at radius 1 is 0.978 bits per heavy atom.